The number of anilines is 2. The number of fused-ring (bicyclic) bond motifs is 1. The van der Waals surface area contributed by atoms with Crippen LogP contribution in [0.2, 0.25) is 0 Å². The van der Waals surface area contributed by atoms with E-state index in [1.54, 1.807) is 6.92 Å². The minimum atomic E-state index is -0.496. The summed E-state index contributed by atoms with van der Waals surface area (Å²) in [4.78, 5) is 20.0. The number of rotatable bonds is 7. The van der Waals surface area contributed by atoms with Gasteiger partial charge in [-0.2, -0.15) is 0 Å². The van der Waals surface area contributed by atoms with E-state index in [0.717, 1.165) is 60.4 Å². The molecule has 0 aliphatic carbocycles. The highest BCUT2D eigenvalue weighted by Gasteiger charge is 2.23. The molecule has 0 radical (unpaired) electrons. The molecule has 8 heteroatoms. The summed E-state index contributed by atoms with van der Waals surface area (Å²) in [5.74, 6) is 0.446. The Hall–Kier alpha value is -1.90. The van der Waals surface area contributed by atoms with Crippen LogP contribution in [0.25, 0.3) is 10.2 Å². The number of aliphatic hydroxyl groups is 1. The second kappa shape index (κ2) is 8.41. The maximum atomic E-state index is 11.7. The molecule has 1 amide bonds. The molecule has 148 valence electrons. The number of nitrogen functional groups attached to an aromatic ring is 1. The molecular weight excluding hydrogens is 362 g/mol. The number of aliphatic hydroxyl groups excluding tert-OH is 1. The number of nitrogens with one attached hydrogen (secondary N) is 1. The first-order valence-electron chi connectivity index (χ1n) is 9.58. The number of carbonyl (C=O) groups is 1. The van der Waals surface area contributed by atoms with Crippen molar-refractivity contribution in [2.45, 2.75) is 51.7 Å². The van der Waals surface area contributed by atoms with Gasteiger partial charge in [0.05, 0.1) is 11.8 Å². The summed E-state index contributed by atoms with van der Waals surface area (Å²) in [5.41, 5.74) is 13.3. The van der Waals surface area contributed by atoms with E-state index in [4.69, 9.17) is 16.5 Å². The molecule has 0 saturated carbocycles. The first-order chi connectivity index (χ1) is 12.9. The maximum Gasteiger partial charge on any atom is 0.260 e. The zero-order valence-electron chi connectivity index (χ0n) is 16.0. The van der Waals surface area contributed by atoms with Gasteiger partial charge in [-0.15, -0.1) is 11.3 Å². The predicted octanol–water partition coefficient (Wildman–Crippen LogP) is 1.87. The molecule has 1 aliphatic rings. The minimum Gasteiger partial charge on any atom is -0.397 e. The molecule has 27 heavy (non-hydrogen) atoms. The molecule has 1 unspecified atom stereocenters. The third-order valence-corrected chi connectivity index (χ3v) is 6.15. The standard InChI is InChI=1S/C19H29N5O2S/c1-3-4-12-9-14(23-19-15(12)16(20)17(27-19)18(21)26)24-7-5-13(6-8-24)22-10-11(2)25/h9,11,13,22,25H,3-8,10,20H2,1-2H3,(H2,21,26). The van der Waals surface area contributed by atoms with Crippen LogP contribution in [-0.4, -0.2) is 47.8 Å². The lowest BCUT2D eigenvalue weighted by molar-refractivity contribution is 0.100. The Labute approximate surface area is 163 Å². The van der Waals surface area contributed by atoms with Crippen LogP contribution in [0.5, 0.6) is 0 Å². The van der Waals surface area contributed by atoms with Gasteiger partial charge < -0.3 is 26.8 Å². The fourth-order valence-corrected chi connectivity index (χ4v) is 4.63. The van der Waals surface area contributed by atoms with E-state index in [0.29, 0.717) is 23.2 Å². The van der Waals surface area contributed by atoms with Crippen LogP contribution in [-0.2, 0) is 6.42 Å². The third kappa shape index (κ3) is 4.34. The Bertz CT molecular complexity index is 812. The number of piperidine rings is 1. The van der Waals surface area contributed by atoms with E-state index < -0.39 is 5.91 Å². The lowest BCUT2D eigenvalue weighted by Gasteiger charge is -2.33. The lowest BCUT2D eigenvalue weighted by Crippen LogP contribution is -2.44. The number of carbonyl (C=O) groups excluding carboxylic acids is 1. The predicted molar refractivity (Wildman–Crippen MR) is 111 cm³/mol. The summed E-state index contributed by atoms with van der Waals surface area (Å²) in [7, 11) is 0. The number of pyridine rings is 1. The number of hydrogen-bond donors (Lipinski definition) is 4. The fraction of sp³-hybridized carbons (Fsp3) is 0.579. The van der Waals surface area contributed by atoms with Crippen LogP contribution in [0.15, 0.2) is 6.07 Å². The topological polar surface area (TPSA) is 117 Å². The molecule has 1 saturated heterocycles. The summed E-state index contributed by atoms with van der Waals surface area (Å²) in [6, 6.07) is 2.54. The van der Waals surface area contributed by atoms with Gasteiger partial charge in [0.1, 0.15) is 15.5 Å². The number of primary amides is 1. The fourth-order valence-electron chi connectivity index (χ4n) is 3.65. The van der Waals surface area contributed by atoms with Gasteiger partial charge in [-0.1, -0.05) is 13.3 Å². The van der Waals surface area contributed by atoms with Gasteiger partial charge in [0.25, 0.3) is 5.91 Å². The van der Waals surface area contributed by atoms with Crippen LogP contribution in [0.3, 0.4) is 0 Å². The number of amides is 1. The Morgan fingerprint density at radius 1 is 1.48 bits per heavy atom. The molecule has 0 aromatic carbocycles. The van der Waals surface area contributed by atoms with Crippen molar-refractivity contribution in [3.63, 3.8) is 0 Å². The second-order valence-electron chi connectivity index (χ2n) is 7.30. The molecule has 2 aromatic heterocycles. The Morgan fingerprint density at radius 3 is 2.78 bits per heavy atom. The summed E-state index contributed by atoms with van der Waals surface area (Å²) in [5, 5.41) is 13.7. The van der Waals surface area contributed by atoms with Crippen LogP contribution in [0.4, 0.5) is 11.5 Å². The van der Waals surface area contributed by atoms with E-state index in [1.807, 2.05) is 0 Å². The van der Waals surface area contributed by atoms with Crippen molar-refractivity contribution in [3.8, 4) is 0 Å². The van der Waals surface area contributed by atoms with Crippen molar-refractivity contribution in [1.29, 1.82) is 0 Å². The first-order valence-corrected chi connectivity index (χ1v) is 10.4. The highest BCUT2D eigenvalue weighted by atomic mass is 32.1. The molecule has 6 N–H and O–H groups in total. The lowest BCUT2D eigenvalue weighted by atomic mass is 10.0. The first kappa shape index (κ1) is 19.9. The maximum absolute atomic E-state index is 11.7. The average Bonchev–Trinajstić information content (AvgIpc) is 2.98. The minimum absolute atomic E-state index is 0.326. The SMILES string of the molecule is CCCc1cc(N2CCC(NCC(C)O)CC2)nc2sc(C(N)=O)c(N)c12. The molecule has 3 heterocycles. The smallest absolute Gasteiger partial charge is 0.260 e. The third-order valence-electron chi connectivity index (χ3n) is 5.03. The number of nitrogens with zero attached hydrogens (tertiary/aromatic N) is 2. The summed E-state index contributed by atoms with van der Waals surface area (Å²) >= 11 is 1.28. The zero-order valence-corrected chi connectivity index (χ0v) is 16.8. The highest BCUT2D eigenvalue weighted by molar-refractivity contribution is 7.21. The average molecular weight is 392 g/mol. The Morgan fingerprint density at radius 2 is 2.19 bits per heavy atom. The quantitative estimate of drug-likeness (QED) is 0.572. The van der Waals surface area contributed by atoms with Gasteiger partial charge in [-0.3, -0.25) is 4.79 Å². The molecule has 0 bridgehead atoms. The summed E-state index contributed by atoms with van der Waals surface area (Å²) < 4.78 is 0. The zero-order chi connectivity index (χ0) is 19.6. The molecule has 1 fully saturated rings. The van der Waals surface area contributed by atoms with E-state index in [9.17, 15) is 9.90 Å². The largest absolute Gasteiger partial charge is 0.397 e. The van der Waals surface area contributed by atoms with E-state index in [-0.39, 0.29) is 6.10 Å². The van der Waals surface area contributed by atoms with Crippen molar-refractivity contribution in [3.05, 3.63) is 16.5 Å². The molecule has 1 atom stereocenters. The molecule has 0 spiro atoms. The highest BCUT2D eigenvalue weighted by Crippen LogP contribution is 2.37. The van der Waals surface area contributed by atoms with Gasteiger partial charge in [0.2, 0.25) is 0 Å². The molecule has 7 nitrogen and oxygen atoms in total. The van der Waals surface area contributed by atoms with Crippen molar-refractivity contribution in [2.24, 2.45) is 5.73 Å². The summed E-state index contributed by atoms with van der Waals surface area (Å²) in [6.45, 7) is 6.36. The number of nitrogens with two attached hydrogens (primary N) is 2. The van der Waals surface area contributed by atoms with Crippen LogP contribution < -0.4 is 21.7 Å². The summed E-state index contributed by atoms with van der Waals surface area (Å²) in [6.07, 6.45) is 3.57. The molecule has 1 aliphatic heterocycles. The van der Waals surface area contributed by atoms with Crippen molar-refractivity contribution in [2.75, 3.05) is 30.3 Å². The normalized spacial score (nSPS) is 16.8. The van der Waals surface area contributed by atoms with Crippen molar-refractivity contribution in [1.82, 2.24) is 10.3 Å². The molecule has 2 aromatic rings. The van der Waals surface area contributed by atoms with Gasteiger partial charge in [-0.25, -0.2) is 4.98 Å². The van der Waals surface area contributed by atoms with Gasteiger partial charge in [0, 0.05) is 31.1 Å². The monoisotopic (exact) mass is 391 g/mol. The number of aromatic nitrogens is 1. The molecular formula is C19H29N5O2S. The number of hydrogen-bond acceptors (Lipinski definition) is 7. The van der Waals surface area contributed by atoms with Gasteiger partial charge >= 0.3 is 0 Å². The van der Waals surface area contributed by atoms with E-state index in [1.165, 1.54) is 11.3 Å². The Kier molecular flexibility index (Phi) is 6.18. The molecule has 3 rings (SSSR count). The second-order valence-corrected chi connectivity index (χ2v) is 8.30. The van der Waals surface area contributed by atoms with E-state index in [2.05, 4.69) is 23.2 Å². The van der Waals surface area contributed by atoms with Crippen molar-refractivity contribution < 1.29 is 9.90 Å². The number of aryl methyl sites for hydroxylation is 1. The van der Waals surface area contributed by atoms with Crippen molar-refractivity contribution >= 4 is 39.0 Å². The van der Waals surface area contributed by atoms with Crippen LogP contribution in [0, 0.1) is 0 Å². The van der Waals surface area contributed by atoms with E-state index >= 15 is 0 Å². The number of thiophene rings is 1. The van der Waals surface area contributed by atoms with Gasteiger partial charge in [0.15, 0.2) is 0 Å². The van der Waals surface area contributed by atoms with Crippen LogP contribution >= 0.6 is 11.3 Å². The Balaban J connectivity index is 1.84. The van der Waals surface area contributed by atoms with Crippen LogP contribution in [0.1, 0.15) is 48.3 Å². The van der Waals surface area contributed by atoms with Gasteiger partial charge in [-0.05, 0) is 37.8 Å².